The lowest BCUT2D eigenvalue weighted by atomic mass is 9.92. The van der Waals surface area contributed by atoms with Crippen molar-refractivity contribution >= 4 is 5.95 Å². The van der Waals surface area contributed by atoms with E-state index in [9.17, 15) is 8.78 Å². The summed E-state index contributed by atoms with van der Waals surface area (Å²) in [6.45, 7) is 0.602. The summed E-state index contributed by atoms with van der Waals surface area (Å²) in [7, 11) is 0. The summed E-state index contributed by atoms with van der Waals surface area (Å²) in [4.78, 5) is 4.11. The van der Waals surface area contributed by atoms with E-state index in [-0.39, 0.29) is 11.9 Å². The van der Waals surface area contributed by atoms with Crippen LogP contribution in [0, 0.1) is 11.6 Å². The highest BCUT2D eigenvalue weighted by Crippen LogP contribution is 2.28. The maximum Gasteiger partial charge on any atom is 0.239 e. The molecule has 6 heteroatoms. The van der Waals surface area contributed by atoms with Gasteiger partial charge in [0.15, 0.2) is 11.6 Å². The van der Waals surface area contributed by atoms with E-state index in [2.05, 4.69) is 10.1 Å². The third-order valence-corrected chi connectivity index (χ3v) is 3.29. The van der Waals surface area contributed by atoms with Crippen LogP contribution in [-0.4, -0.2) is 14.8 Å². The predicted octanol–water partition coefficient (Wildman–Crippen LogP) is 1.87. The zero-order chi connectivity index (χ0) is 12.7. The Hall–Kier alpha value is -1.98. The van der Waals surface area contributed by atoms with Gasteiger partial charge in [-0.05, 0) is 24.1 Å². The molecule has 1 aromatic carbocycles. The molecule has 18 heavy (non-hydrogen) atoms. The summed E-state index contributed by atoms with van der Waals surface area (Å²) in [5.41, 5.74) is 6.32. The van der Waals surface area contributed by atoms with Gasteiger partial charge >= 0.3 is 0 Å². The Morgan fingerprint density at radius 2 is 2.11 bits per heavy atom. The van der Waals surface area contributed by atoms with E-state index in [0.29, 0.717) is 6.54 Å². The summed E-state index contributed by atoms with van der Waals surface area (Å²) in [6.07, 6.45) is 1.58. The van der Waals surface area contributed by atoms with Crippen LogP contribution in [0.2, 0.25) is 0 Å². The van der Waals surface area contributed by atoms with Gasteiger partial charge in [-0.1, -0.05) is 6.07 Å². The third-order valence-electron chi connectivity index (χ3n) is 3.29. The van der Waals surface area contributed by atoms with Crippen LogP contribution in [0.3, 0.4) is 0 Å². The van der Waals surface area contributed by atoms with Gasteiger partial charge in [-0.2, -0.15) is 4.98 Å². The van der Waals surface area contributed by atoms with E-state index in [1.807, 2.05) is 0 Å². The molecule has 1 aliphatic heterocycles. The fraction of sp³-hybridized carbons (Fsp3) is 0.333. The van der Waals surface area contributed by atoms with Gasteiger partial charge in [0.25, 0.3) is 0 Å². The highest BCUT2D eigenvalue weighted by molar-refractivity contribution is 5.24. The third kappa shape index (κ3) is 1.83. The molecule has 1 aromatic heterocycles. The lowest BCUT2D eigenvalue weighted by Gasteiger charge is -2.22. The van der Waals surface area contributed by atoms with Crippen LogP contribution in [0.15, 0.2) is 18.2 Å². The first-order valence-corrected chi connectivity index (χ1v) is 5.77. The molecule has 0 fully saturated rings. The average Bonchev–Trinajstić information content (AvgIpc) is 2.71. The fourth-order valence-electron chi connectivity index (χ4n) is 2.37. The van der Waals surface area contributed by atoms with E-state index in [1.165, 1.54) is 6.07 Å². The Bertz CT molecular complexity index is 594. The van der Waals surface area contributed by atoms with Crippen molar-refractivity contribution in [3.8, 4) is 0 Å². The number of fused-ring (bicyclic) bond motifs is 1. The molecule has 2 heterocycles. The second-order valence-electron chi connectivity index (χ2n) is 4.48. The Morgan fingerprint density at radius 3 is 2.89 bits per heavy atom. The normalized spacial score (nSPS) is 18.7. The van der Waals surface area contributed by atoms with Crippen LogP contribution in [0.1, 0.15) is 23.7 Å². The maximum atomic E-state index is 13.2. The van der Waals surface area contributed by atoms with Crippen LogP contribution >= 0.6 is 0 Å². The standard InChI is InChI=1S/C12H12F2N4/c13-9-3-1-7(5-10(9)14)8-2-4-11-16-12(15)17-18(11)6-8/h1,3,5,8H,2,4,6H2,(H2,15,17). The molecule has 3 rings (SSSR count). The Balaban J connectivity index is 1.89. The number of nitrogen functional groups attached to an aromatic ring is 1. The Morgan fingerprint density at radius 1 is 1.28 bits per heavy atom. The van der Waals surface area contributed by atoms with Crippen LogP contribution in [-0.2, 0) is 13.0 Å². The van der Waals surface area contributed by atoms with Crippen LogP contribution in [0.25, 0.3) is 0 Å². The maximum absolute atomic E-state index is 13.2. The van der Waals surface area contributed by atoms with Gasteiger partial charge in [0, 0.05) is 18.9 Å². The van der Waals surface area contributed by atoms with Gasteiger partial charge < -0.3 is 5.73 Å². The molecule has 0 bridgehead atoms. The zero-order valence-electron chi connectivity index (χ0n) is 9.61. The first kappa shape index (κ1) is 11.1. The minimum Gasteiger partial charge on any atom is -0.366 e. The highest BCUT2D eigenvalue weighted by Gasteiger charge is 2.23. The van der Waals surface area contributed by atoms with E-state index in [4.69, 9.17) is 5.73 Å². The van der Waals surface area contributed by atoms with Gasteiger partial charge in [0.1, 0.15) is 5.82 Å². The van der Waals surface area contributed by atoms with Gasteiger partial charge in [-0.15, -0.1) is 5.10 Å². The molecule has 0 saturated carbocycles. The molecule has 4 nitrogen and oxygen atoms in total. The quantitative estimate of drug-likeness (QED) is 0.840. The molecule has 2 N–H and O–H groups in total. The SMILES string of the molecule is Nc1nc2n(n1)CC(c1ccc(F)c(F)c1)CC2. The number of hydrogen-bond donors (Lipinski definition) is 1. The monoisotopic (exact) mass is 250 g/mol. The number of nitrogens with zero attached hydrogens (tertiary/aromatic N) is 3. The summed E-state index contributed by atoms with van der Waals surface area (Å²) in [5.74, 6) is -0.396. The second-order valence-corrected chi connectivity index (χ2v) is 4.48. The minimum absolute atomic E-state index is 0.119. The molecule has 0 saturated heterocycles. The van der Waals surface area contributed by atoms with Gasteiger partial charge in [0.05, 0.1) is 0 Å². The number of hydrogen-bond acceptors (Lipinski definition) is 3. The number of nitrogens with two attached hydrogens (primary N) is 1. The largest absolute Gasteiger partial charge is 0.366 e. The zero-order valence-corrected chi connectivity index (χ0v) is 9.61. The van der Waals surface area contributed by atoms with Gasteiger partial charge in [-0.3, -0.25) is 0 Å². The van der Waals surface area contributed by atoms with Gasteiger partial charge in [-0.25, -0.2) is 13.5 Å². The first-order chi connectivity index (χ1) is 8.63. The lowest BCUT2D eigenvalue weighted by molar-refractivity contribution is 0.420. The van der Waals surface area contributed by atoms with Crippen molar-refractivity contribution in [2.75, 3.05) is 5.73 Å². The molecule has 2 aromatic rings. The van der Waals surface area contributed by atoms with Crippen LogP contribution in [0.4, 0.5) is 14.7 Å². The molecule has 1 unspecified atom stereocenters. The highest BCUT2D eigenvalue weighted by atomic mass is 19.2. The first-order valence-electron chi connectivity index (χ1n) is 5.77. The topological polar surface area (TPSA) is 56.7 Å². The average molecular weight is 250 g/mol. The van der Waals surface area contributed by atoms with Crippen molar-refractivity contribution < 1.29 is 8.78 Å². The summed E-state index contributed by atoms with van der Waals surface area (Å²) >= 11 is 0. The second kappa shape index (κ2) is 4.04. The number of halogens is 2. The molecule has 94 valence electrons. The van der Waals surface area contributed by atoms with Crippen LogP contribution in [0.5, 0.6) is 0 Å². The summed E-state index contributed by atoms with van der Waals surface area (Å²) in [5, 5.41) is 4.08. The van der Waals surface area contributed by atoms with Gasteiger partial charge in [0.2, 0.25) is 5.95 Å². The van der Waals surface area contributed by atoms with Crippen molar-refractivity contribution in [3.63, 3.8) is 0 Å². The smallest absolute Gasteiger partial charge is 0.239 e. The Kier molecular flexibility index (Phi) is 2.50. The van der Waals surface area contributed by atoms with Crippen molar-refractivity contribution in [2.24, 2.45) is 0 Å². The van der Waals surface area contributed by atoms with Crippen molar-refractivity contribution in [2.45, 2.75) is 25.3 Å². The van der Waals surface area contributed by atoms with E-state index >= 15 is 0 Å². The number of anilines is 1. The fourth-order valence-corrected chi connectivity index (χ4v) is 2.37. The molecule has 1 aliphatic rings. The Labute approximate surface area is 102 Å². The molecule has 0 radical (unpaired) electrons. The predicted molar refractivity (Wildman–Crippen MR) is 61.9 cm³/mol. The molecule has 1 atom stereocenters. The molecule has 0 amide bonds. The lowest BCUT2D eigenvalue weighted by Crippen LogP contribution is -2.20. The van der Waals surface area contributed by atoms with Crippen molar-refractivity contribution in [1.29, 1.82) is 0 Å². The minimum atomic E-state index is -0.819. The number of aryl methyl sites for hydroxylation is 1. The van der Waals surface area contributed by atoms with Crippen molar-refractivity contribution in [3.05, 3.63) is 41.2 Å². The van der Waals surface area contributed by atoms with E-state index in [0.717, 1.165) is 30.3 Å². The molecular formula is C12H12F2N4. The molecular weight excluding hydrogens is 238 g/mol. The molecule has 0 aliphatic carbocycles. The summed E-state index contributed by atoms with van der Waals surface area (Å²) in [6, 6.07) is 4.04. The van der Waals surface area contributed by atoms with Crippen molar-refractivity contribution in [1.82, 2.24) is 14.8 Å². The molecule has 0 spiro atoms. The van der Waals surface area contributed by atoms with E-state index < -0.39 is 11.6 Å². The number of benzene rings is 1. The number of rotatable bonds is 1. The number of aromatic nitrogens is 3. The summed E-state index contributed by atoms with van der Waals surface area (Å²) < 4.78 is 27.8. The van der Waals surface area contributed by atoms with E-state index in [1.54, 1.807) is 10.7 Å². The van der Waals surface area contributed by atoms with Crippen LogP contribution < -0.4 is 5.73 Å².